The first-order chi connectivity index (χ1) is 9.88. The number of amides is 1. The largest absolute Gasteiger partial charge is 0.398 e. The van der Waals surface area contributed by atoms with Crippen LogP contribution in [0.15, 0.2) is 40.9 Å². The quantitative estimate of drug-likeness (QED) is 0.502. The first-order valence-electron chi connectivity index (χ1n) is 5.69. The number of nitrogen functional groups attached to an aromatic ring is 1. The second kappa shape index (κ2) is 5.88. The molecule has 1 amide bonds. The number of halogens is 2. The predicted octanol–water partition coefficient (Wildman–Crippen LogP) is 3.33. The molecule has 2 aromatic carbocycles. The van der Waals surface area contributed by atoms with Crippen LogP contribution in [0.3, 0.4) is 0 Å². The summed E-state index contributed by atoms with van der Waals surface area (Å²) in [7, 11) is 0. The highest BCUT2D eigenvalue weighted by molar-refractivity contribution is 9.10. The van der Waals surface area contributed by atoms with Crippen molar-refractivity contribution in [2.45, 2.75) is 0 Å². The molecule has 0 bridgehead atoms. The Kier molecular flexibility index (Phi) is 4.18. The van der Waals surface area contributed by atoms with Gasteiger partial charge in [-0.15, -0.1) is 0 Å². The zero-order chi connectivity index (χ0) is 15.6. The maximum absolute atomic E-state index is 13.5. The van der Waals surface area contributed by atoms with Gasteiger partial charge in [-0.05, 0) is 40.2 Å². The Bertz CT molecular complexity index is 737. The maximum atomic E-state index is 13.5. The van der Waals surface area contributed by atoms with Gasteiger partial charge in [0.25, 0.3) is 5.91 Å². The average Bonchev–Trinajstić information content (AvgIpc) is 2.41. The molecule has 0 fully saturated rings. The summed E-state index contributed by atoms with van der Waals surface area (Å²) in [5.74, 6) is -1.50. The molecule has 0 saturated heterocycles. The van der Waals surface area contributed by atoms with Crippen molar-refractivity contribution in [2.24, 2.45) is 0 Å². The fourth-order valence-electron chi connectivity index (χ4n) is 1.60. The SMILES string of the molecule is Nc1ccc(C(=O)Nc2ccc([N+](=O)[O-])c(F)c2)cc1Br. The normalized spacial score (nSPS) is 10.2. The standard InChI is InChI=1S/C13H9BrFN3O3/c14-9-5-7(1-3-11(9)16)13(19)17-8-2-4-12(18(20)21)10(15)6-8/h1-6H,16H2,(H,17,19). The first kappa shape index (κ1) is 14.9. The lowest BCUT2D eigenvalue weighted by Gasteiger charge is -2.07. The lowest BCUT2D eigenvalue weighted by Crippen LogP contribution is -2.12. The summed E-state index contributed by atoms with van der Waals surface area (Å²) in [6.07, 6.45) is 0. The molecule has 0 aliphatic heterocycles. The van der Waals surface area contributed by atoms with E-state index in [0.29, 0.717) is 15.7 Å². The van der Waals surface area contributed by atoms with Gasteiger partial charge in [-0.1, -0.05) is 0 Å². The van der Waals surface area contributed by atoms with Crippen molar-refractivity contribution >= 4 is 38.9 Å². The lowest BCUT2D eigenvalue weighted by atomic mass is 10.2. The van der Waals surface area contributed by atoms with Crippen molar-refractivity contribution in [3.05, 3.63) is 62.4 Å². The molecule has 0 saturated carbocycles. The molecule has 0 unspecified atom stereocenters. The number of benzene rings is 2. The van der Waals surface area contributed by atoms with E-state index in [1.165, 1.54) is 18.2 Å². The van der Waals surface area contributed by atoms with Gasteiger partial charge in [-0.2, -0.15) is 4.39 Å². The van der Waals surface area contributed by atoms with Gasteiger partial charge in [-0.25, -0.2) is 0 Å². The summed E-state index contributed by atoms with van der Waals surface area (Å²) in [5.41, 5.74) is 5.88. The van der Waals surface area contributed by atoms with Crippen LogP contribution in [0.1, 0.15) is 10.4 Å². The minimum atomic E-state index is -1.02. The van der Waals surface area contributed by atoms with Crippen LogP contribution in [0.5, 0.6) is 0 Å². The summed E-state index contributed by atoms with van der Waals surface area (Å²) in [6.45, 7) is 0. The Morgan fingerprint density at radius 2 is 2.00 bits per heavy atom. The van der Waals surface area contributed by atoms with Crippen molar-refractivity contribution in [2.75, 3.05) is 11.1 Å². The van der Waals surface area contributed by atoms with Gasteiger partial charge in [0.2, 0.25) is 5.82 Å². The highest BCUT2D eigenvalue weighted by Crippen LogP contribution is 2.23. The summed E-state index contributed by atoms with van der Waals surface area (Å²) in [5, 5.41) is 13.0. The highest BCUT2D eigenvalue weighted by atomic mass is 79.9. The molecule has 0 heterocycles. The molecule has 0 aliphatic rings. The fourth-order valence-corrected chi connectivity index (χ4v) is 1.98. The molecule has 0 aromatic heterocycles. The molecule has 0 spiro atoms. The molecule has 0 atom stereocenters. The monoisotopic (exact) mass is 353 g/mol. The molecule has 6 nitrogen and oxygen atoms in total. The van der Waals surface area contributed by atoms with E-state index in [1.807, 2.05) is 0 Å². The molecular weight excluding hydrogens is 345 g/mol. The molecule has 3 N–H and O–H groups in total. The van der Waals surface area contributed by atoms with Crippen molar-refractivity contribution in [1.82, 2.24) is 0 Å². The van der Waals surface area contributed by atoms with E-state index in [1.54, 1.807) is 6.07 Å². The predicted molar refractivity (Wildman–Crippen MR) is 79.6 cm³/mol. The fraction of sp³-hybridized carbons (Fsp3) is 0. The van der Waals surface area contributed by atoms with Gasteiger partial charge in [0, 0.05) is 33.5 Å². The van der Waals surface area contributed by atoms with E-state index < -0.39 is 22.3 Å². The van der Waals surface area contributed by atoms with Crippen molar-refractivity contribution in [3.63, 3.8) is 0 Å². The van der Waals surface area contributed by atoms with E-state index in [9.17, 15) is 19.3 Å². The van der Waals surface area contributed by atoms with E-state index in [4.69, 9.17) is 5.73 Å². The number of hydrogen-bond acceptors (Lipinski definition) is 4. The van der Waals surface area contributed by atoms with Crippen LogP contribution in [0.25, 0.3) is 0 Å². The third-order valence-electron chi connectivity index (χ3n) is 2.66. The number of nitrogens with two attached hydrogens (primary N) is 1. The number of nitro groups is 1. The Morgan fingerprint density at radius 1 is 1.29 bits per heavy atom. The molecule has 0 radical (unpaired) electrons. The van der Waals surface area contributed by atoms with E-state index >= 15 is 0 Å². The number of nitro benzene ring substituents is 1. The summed E-state index contributed by atoms with van der Waals surface area (Å²) in [4.78, 5) is 21.7. The Morgan fingerprint density at radius 3 is 2.57 bits per heavy atom. The first-order valence-corrected chi connectivity index (χ1v) is 6.48. The van der Waals surface area contributed by atoms with E-state index in [-0.39, 0.29) is 5.69 Å². The Hall–Kier alpha value is -2.48. The Balaban J connectivity index is 2.21. The topological polar surface area (TPSA) is 98.3 Å². The molecule has 21 heavy (non-hydrogen) atoms. The summed E-state index contributed by atoms with van der Waals surface area (Å²) < 4.78 is 14.0. The molecule has 108 valence electrons. The van der Waals surface area contributed by atoms with Crippen LogP contribution < -0.4 is 11.1 Å². The van der Waals surface area contributed by atoms with Crippen LogP contribution in [0.4, 0.5) is 21.5 Å². The number of nitrogens with zero attached hydrogens (tertiary/aromatic N) is 1. The number of anilines is 2. The Labute approximate surface area is 127 Å². The highest BCUT2D eigenvalue weighted by Gasteiger charge is 2.15. The van der Waals surface area contributed by atoms with Gasteiger partial charge >= 0.3 is 5.69 Å². The van der Waals surface area contributed by atoms with Crippen LogP contribution in [0.2, 0.25) is 0 Å². The molecule has 8 heteroatoms. The number of carbonyl (C=O) groups is 1. The minimum absolute atomic E-state index is 0.121. The van der Waals surface area contributed by atoms with Gasteiger partial charge in [-0.3, -0.25) is 14.9 Å². The van der Waals surface area contributed by atoms with Gasteiger partial charge in [0.05, 0.1) is 4.92 Å². The smallest absolute Gasteiger partial charge is 0.304 e. The second-order valence-electron chi connectivity index (χ2n) is 4.11. The van der Waals surface area contributed by atoms with Gasteiger partial charge in [0.1, 0.15) is 0 Å². The third-order valence-corrected chi connectivity index (χ3v) is 3.35. The van der Waals surface area contributed by atoms with Crippen LogP contribution in [-0.2, 0) is 0 Å². The third kappa shape index (κ3) is 3.34. The van der Waals surface area contributed by atoms with Crippen LogP contribution >= 0.6 is 15.9 Å². The number of carbonyl (C=O) groups excluding carboxylic acids is 1. The van der Waals surface area contributed by atoms with Gasteiger partial charge in [0.15, 0.2) is 0 Å². The zero-order valence-corrected chi connectivity index (χ0v) is 12.1. The number of nitrogens with one attached hydrogen (secondary N) is 1. The van der Waals surface area contributed by atoms with Crippen molar-refractivity contribution < 1.29 is 14.1 Å². The second-order valence-corrected chi connectivity index (χ2v) is 4.97. The van der Waals surface area contributed by atoms with Gasteiger partial charge < -0.3 is 11.1 Å². The summed E-state index contributed by atoms with van der Waals surface area (Å²) in [6, 6.07) is 7.72. The average molecular weight is 354 g/mol. The molecule has 0 aliphatic carbocycles. The van der Waals surface area contributed by atoms with Crippen LogP contribution in [-0.4, -0.2) is 10.8 Å². The van der Waals surface area contributed by atoms with Crippen LogP contribution in [0, 0.1) is 15.9 Å². The van der Waals surface area contributed by atoms with E-state index in [2.05, 4.69) is 21.2 Å². The van der Waals surface area contributed by atoms with Crippen molar-refractivity contribution in [1.29, 1.82) is 0 Å². The molecular formula is C13H9BrFN3O3. The maximum Gasteiger partial charge on any atom is 0.304 e. The number of hydrogen-bond donors (Lipinski definition) is 2. The lowest BCUT2D eigenvalue weighted by molar-refractivity contribution is -0.387. The molecule has 2 aromatic rings. The minimum Gasteiger partial charge on any atom is -0.398 e. The number of rotatable bonds is 3. The summed E-state index contributed by atoms with van der Waals surface area (Å²) >= 11 is 3.20. The molecule has 2 rings (SSSR count). The zero-order valence-electron chi connectivity index (χ0n) is 10.5. The van der Waals surface area contributed by atoms with E-state index in [0.717, 1.165) is 12.1 Å². The van der Waals surface area contributed by atoms with Crippen molar-refractivity contribution in [3.8, 4) is 0 Å².